The van der Waals surface area contributed by atoms with Gasteiger partial charge in [0.2, 0.25) is 0 Å². The largest absolute Gasteiger partial charge is 0.256 e. The summed E-state index contributed by atoms with van der Waals surface area (Å²) in [5.41, 5.74) is 0.958. The molecular weight excluding hydrogens is 195 g/mol. The van der Waals surface area contributed by atoms with Gasteiger partial charge in [0.25, 0.3) is 0 Å². The summed E-state index contributed by atoms with van der Waals surface area (Å²) in [6.07, 6.45) is 4.99. The second kappa shape index (κ2) is 4.73. The average Bonchev–Trinajstić information content (AvgIpc) is 2.43. The van der Waals surface area contributed by atoms with Crippen molar-refractivity contribution in [1.82, 2.24) is 9.78 Å². The van der Waals surface area contributed by atoms with Crippen LogP contribution in [0.15, 0.2) is 6.20 Å². The summed E-state index contributed by atoms with van der Waals surface area (Å²) in [7, 11) is 0. The predicted molar refractivity (Wildman–Crippen MR) is 51.7 cm³/mol. The van der Waals surface area contributed by atoms with E-state index in [4.69, 9.17) is 23.2 Å². The van der Waals surface area contributed by atoms with Gasteiger partial charge in [-0.2, -0.15) is 5.10 Å². The van der Waals surface area contributed by atoms with Gasteiger partial charge in [0.05, 0.1) is 10.7 Å². The van der Waals surface area contributed by atoms with E-state index in [1.807, 2.05) is 0 Å². The molecule has 0 atom stereocenters. The maximum absolute atomic E-state index is 5.92. The molecule has 12 heavy (non-hydrogen) atoms. The summed E-state index contributed by atoms with van der Waals surface area (Å²) in [6.45, 7) is 2.15. The van der Waals surface area contributed by atoms with Crippen LogP contribution in [0, 0.1) is 0 Å². The van der Waals surface area contributed by atoms with Crippen molar-refractivity contribution < 1.29 is 0 Å². The Balaban J connectivity index is 2.64. The Morgan fingerprint density at radius 1 is 1.58 bits per heavy atom. The lowest BCUT2D eigenvalue weighted by atomic mass is 10.2. The summed E-state index contributed by atoms with van der Waals surface area (Å²) >= 11 is 11.5. The van der Waals surface area contributed by atoms with Crippen LogP contribution in [0.2, 0.25) is 5.02 Å². The Bertz CT molecular complexity index is 245. The average molecular weight is 207 g/mol. The van der Waals surface area contributed by atoms with Gasteiger partial charge in [-0.15, -0.1) is 11.6 Å². The molecule has 0 aliphatic carbocycles. The second-order valence-corrected chi connectivity index (χ2v) is 3.33. The highest BCUT2D eigenvalue weighted by Crippen LogP contribution is 2.16. The molecule has 2 nitrogen and oxygen atoms in total. The summed E-state index contributed by atoms with van der Waals surface area (Å²) in [5.74, 6) is 0. The van der Waals surface area contributed by atoms with Crippen molar-refractivity contribution in [2.45, 2.75) is 32.2 Å². The van der Waals surface area contributed by atoms with Crippen molar-refractivity contribution in [1.29, 1.82) is 0 Å². The number of hydrogen-bond acceptors (Lipinski definition) is 1. The van der Waals surface area contributed by atoms with Crippen molar-refractivity contribution in [3.05, 3.63) is 16.9 Å². The van der Waals surface area contributed by atoms with E-state index in [0.717, 1.165) is 30.0 Å². The van der Waals surface area contributed by atoms with Crippen molar-refractivity contribution >= 4 is 23.2 Å². The minimum atomic E-state index is 0.367. The van der Waals surface area contributed by atoms with Crippen LogP contribution in [-0.4, -0.2) is 9.78 Å². The number of rotatable bonds is 4. The Kier molecular flexibility index (Phi) is 3.89. The first-order valence-corrected chi connectivity index (χ1v) is 4.97. The smallest absolute Gasteiger partial charge is 0.115 e. The molecule has 4 heteroatoms. The molecule has 0 saturated heterocycles. The molecule has 0 spiro atoms. The van der Waals surface area contributed by atoms with Crippen LogP contribution in [0.1, 0.15) is 25.5 Å². The van der Waals surface area contributed by atoms with Gasteiger partial charge in [-0.05, 0) is 12.8 Å². The maximum atomic E-state index is 5.92. The summed E-state index contributed by atoms with van der Waals surface area (Å²) in [4.78, 5) is 0. The molecule has 0 radical (unpaired) electrons. The minimum absolute atomic E-state index is 0.367. The van der Waals surface area contributed by atoms with E-state index in [0.29, 0.717) is 6.00 Å². The van der Waals surface area contributed by atoms with Crippen LogP contribution in [0.5, 0.6) is 0 Å². The van der Waals surface area contributed by atoms with Crippen molar-refractivity contribution in [3.8, 4) is 0 Å². The Morgan fingerprint density at radius 3 is 2.83 bits per heavy atom. The lowest BCUT2D eigenvalue weighted by molar-refractivity contribution is 0.700. The highest BCUT2D eigenvalue weighted by atomic mass is 35.5. The molecule has 1 aromatic heterocycles. The fourth-order valence-corrected chi connectivity index (χ4v) is 1.38. The normalized spacial score (nSPS) is 10.6. The maximum Gasteiger partial charge on any atom is 0.115 e. The molecule has 0 saturated carbocycles. The molecule has 0 amide bonds. The molecule has 0 aromatic carbocycles. The molecule has 1 aromatic rings. The van der Waals surface area contributed by atoms with Crippen molar-refractivity contribution in [2.24, 2.45) is 0 Å². The van der Waals surface area contributed by atoms with Gasteiger partial charge < -0.3 is 0 Å². The van der Waals surface area contributed by atoms with E-state index in [9.17, 15) is 0 Å². The topological polar surface area (TPSA) is 17.8 Å². The Morgan fingerprint density at radius 2 is 2.33 bits per heavy atom. The lowest BCUT2D eigenvalue weighted by Gasteiger charge is -1.93. The van der Waals surface area contributed by atoms with E-state index in [2.05, 4.69) is 12.0 Å². The van der Waals surface area contributed by atoms with Gasteiger partial charge in [0.1, 0.15) is 6.00 Å². The molecule has 0 fully saturated rings. The highest BCUT2D eigenvalue weighted by molar-refractivity contribution is 6.31. The number of nitrogens with zero attached hydrogens (tertiary/aromatic N) is 2. The molecule has 0 bridgehead atoms. The standard InChI is InChI=1S/C8H12Cl2N2/c1-2-3-4-8-7(10)5-12(6-9)11-8/h5H,2-4,6H2,1H3. The molecule has 68 valence electrons. The van der Waals surface area contributed by atoms with Gasteiger partial charge in [-0.1, -0.05) is 24.9 Å². The van der Waals surface area contributed by atoms with Crippen LogP contribution in [-0.2, 0) is 12.4 Å². The van der Waals surface area contributed by atoms with Crippen molar-refractivity contribution in [2.75, 3.05) is 0 Å². The van der Waals surface area contributed by atoms with Crippen LogP contribution in [0.3, 0.4) is 0 Å². The first-order valence-electron chi connectivity index (χ1n) is 4.05. The van der Waals surface area contributed by atoms with Gasteiger partial charge in [0, 0.05) is 6.20 Å². The van der Waals surface area contributed by atoms with E-state index in [1.54, 1.807) is 10.9 Å². The third kappa shape index (κ3) is 2.39. The zero-order chi connectivity index (χ0) is 8.97. The first kappa shape index (κ1) is 9.87. The first-order chi connectivity index (χ1) is 5.77. The van der Waals surface area contributed by atoms with E-state index in [-0.39, 0.29) is 0 Å². The Hall–Kier alpha value is -0.210. The summed E-state index contributed by atoms with van der Waals surface area (Å²) in [5, 5.41) is 4.94. The summed E-state index contributed by atoms with van der Waals surface area (Å²) < 4.78 is 1.65. The van der Waals surface area contributed by atoms with Gasteiger partial charge in [0.15, 0.2) is 0 Å². The molecule has 0 N–H and O–H groups in total. The molecule has 0 unspecified atom stereocenters. The second-order valence-electron chi connectivity index (χ2n) is 2.69. The summed E-state index contributed by atoms with van der Waals surface area (Å²) in [6, 6.07) is 0.367. The third-order valence-electron chi connectivity index (χ3n) is 1.68. The zero-order valence-corrected chi connectivity index (χ0v) is 8.57. The number of unbranched alkanes of at least 4 members (excludes halogenated alkanes) is 1. The number of hydrogen-bond donors (Lipinski definition) is 0. The minimum Gasteiger partial charge on any atom is -0.256 e. The van der Waals surface area contributed by atoms with Crippen LogP contribution in [0.4, 0.5) is 0 Å². The lowest BCUT2D eigenvalue weighted by Crippen LogP contribution is -1.94. The molecule has 1 rings (SSSR count). The van der Waals surface area contributed by atoms with E-state index >= 15 is 0 Å². The third-order valence-corrected chi connectivity index (χ3v) is 2.24. The SMILES string of the molecule is CCCCc1nn(CCl)cc1Cl. The van der Waals surface area contributed by atoms with Crippen molar-refractivity contribution in [3.63, 3.8) is 0 Å². The number of aromatic nitrogens is 2. The highest BCUT2D eigenvalue weighted by Gasteiger charge is 2.04. The van der Waals surface area contributed by atoms with Gasteiger partial charge >= 0.3 is 0 Å². The molecular formula is C8H12Cl2N2. The van der Waals surface area contributed by atoms with Crippen LogP contribution >= 0.6 is 23.2 Å². The fourth-order valence-electron chi connectivity index (χ4n) is 1.01. The number of aryl methyl sites for hydroxylation is 1. The number of alkyl halides is 1. The number of halogens is 2. The van der Waals surface area contributed by atoms with Crippen LogP contribution in [0.25, 0.3) is 0 Å². The van der Waals surface area contributed by atoms with Crippen LogP contribution < -0.4 is 0 Å². The Labute approximate surface area is 82.5 Å². The quantitative estimate of drug-likeness (QED) is 0.693. The van der Waals surface area contributed by atoms with E-state index in [1.165, 1.54) is 0 Å². The van der Waals surface area contributed by atoms with Gasteiger partial charge in [-0.3, -0.25) is 4.68 Å². The molecule has 1 heterocycles. The van der Waals surface area contributed by atoms with Gasteiger partial charge in [-0.25, -0.2) is 0 Å². The monoisotopic (exact) mass is 206 g/mol. The van der Waals surface area contributed by atoms with E-state index < -0.39 is 0 Å². The predicted octanol–water partition coefficient (Wildman–Crippen LogP) is 3.08. The molecule has 0 aliphatic rings. The molecule has 0 aliphatic heterocycles. The fraction of sp³-hybridized carbons (Fsp3) is 0.625. The zero-order valence-electron chi connectivity index (χ0n) is 7.06.